The Morgan fingerprint density at radius 3 is 2.23 bits per heavy atom. The molecular weight excluding hydrogens is 808 g/mol. The zero-order valence-corrected chi connectivity index (χ0v) is 36.5. The first-order chi connectivity index (χ1) is 29.6. The summed E-state index contributed by atoms with van der Waals surface area (Å²) >= 11 is 0. The zero-order chi connectivity index (χ0) is 43.5. The molecule has 1 aromatic carbocycles. The summed E-state index contributed by atoms with van der Waals surface area (Å²) in [6, 6.07) is 7.58. The molecule has 16 nitrogen and oxygen atoms in total. The van der Waals surface area contributed by atoms with E-state index in [9.17, 15) is 24.1 Å². The summed E-state index contributed by atoms with van der Waals surface area (Å²) in [4.78, 5) is 22.8. The molecule has 1 aliphatic heterocycles. The quantitative estimate of drug-likeness (QED) is 0.0219. The van der Waals surface area contributed by atoms with Crippen molar-refractivity contribution in [3.05, 3.63) is 60.1 Å². The maximum atomic E-state index is 14.6. The minimum atomic E-state index is -4.80. The van der Waals surface area contributed by atoms with E-state index >= 15 is 0 Å². The molecule has 3 aromatic heterocycles. The topological polar surface area (TPSA) is 222 Å². The molecule has 5 N–H and O–H groups in total. The molecule has 4 heterocycles. The van der Waals surface area contributed by atoms with Crippen LogP contribution in [-0.2, 0) is 29.7 Å². The lowest BCUT2D eigenvalue weighted by Gasteiger charge is -2.28. The van der Waals surface area contributed by atoms with Crippen LogP contribution in [0.2, 0.25) is 0 Å². The molecule has 1 aliphatic rings. The number of nitrogens with zero attached hydrogens (tertiary/aromatic N) is 6. The second-order valence-electron chi connectivity index (χ2n) is 16.0. The first-order valence-corrected chi connectivity index (χ1v) is 23.4. The van der Waals surface area contributed by atoms with Crippen LogP contribution in [0.25, 0.3) is 16.9 Å². The number of nitrogen functional groups attached to an aromatic ring is 1. The number of phosphoric ester groups is 1. The Kier molecular flexibility index (Phi) is 19.7. The van der Waals surface area contributed by atoms with Gasteiger partial charge in [0, 0.05) is 18.8 Å². The first-order valence-electron chi connectivity index (χ1n) is 21.9. The summed E-state index contributed by atoms with van der Waals surface area (Å²) in [6.07, 6.45) is 20.3. The number of anilines is 1. The van der Waals surface area contributed by atoms with Crippen molar-refractivity contribution in [2.45, 2.75) is 159 Å². The number of hydrogen-bond donors (Lipinski definition) is 4. The van der Waals surface area contributed by atoms with Gasteiger partial charge in [0.2, 0.25) is 12.2 Å². The number of hydrogen-bond acceptors (Lipinski definition) is 14. The molecule has 1 unspecified atom stereocenters. The van der Waals surface area contributed by atoms with E-state index in [1.807, 2.05) is 0 Å². The standard InChI is InChI=1S/C43H65FN7O9P/c1-3-4-5-6-7-8-9-10-11-12-13-14-15-16-17-18-19-20-35(56-26-32-23-33(25-34(44)24-32)42-48-31-57-50-42)27-58-61(54,55)59-29-43(28-46-2)40(53)38(52)39(60-43)36-21-22-37-41(45)47-30-49-51(36)37/h21-25,28,30-31,35,38-40,52-53H,3-20,26-27,29H2,1-2H3,(H,54,55)(H2,45,47,49)/t35-,38+,39+,40+,43-/m1/s1. The third-order valence-corrected chi connectivity index (χ3v) is 12.1. The van der Waals surface area contributed by atoms with Crippen LogP contribution in [-0.4, -0.2) is 90.2 Å². The van der Waals surface area contributed by atoms with E-state index in [1.54, 1.807) is 18.2 Å². The SMILES string of the molecule is CCCCCCCCCCCCCCCCCCC[C@H](COP(=O)(O)OC[C@@]1(C=NC)O[C@@H](c2ccc3c(N)ncnn23)[C@H](O)[C@@H]1O)OCc1cc(F)cc(-c2ncon2)c1. The van der Waals surface area contributed by atoms with E-state index < -0.39 is 50.3 Å². The van der Waals surface area contributed by atoms with Gasteiger partial charge in [-0.15, -0.1) is 0 Å². The van der Waals surface area contributed by atoms with Gasteiger partial charge in [0.15, 0.2) is 11.4 Å². The number of aliphatic imine (C=N–C) groups is 1. The van der Waals surface area contributed by atoms with Gasteiger partial charge in [-0.1, -0.05) is 121 Å². The van der Waals surface area contributed by atoms with Crippen LogP contribution in [0.1, 0.15) is 140 Å². The highest BCUT2D eigenvalue weighted by Crippen LogP contribution is 2.47. The average molecular weight is 874 g/mol. The predicted octanol–water partition coefficient (Wildman–Crippen LogP) is 8.49. The Labute approximate surface area is 358 Å². The molecule has 0 bridgehead atoms. The van der Waals surface area contributed by atoms with Crippen LogP contribution in [0, 0.1) is 5.82 Å². The fourth-order valence-electron chi connectivity index (χ4n) is 7.82. The molecule has 6 atom stereocenters. The summed E-state index contributed by atoms with van der Waals surface area (Å²) < 4.78 is 57.4. The lowest BCUT2D eigenvalue weighted by atomic mass is 9.96. The number of aliphatic hydroxyl groups is 2. The van der Waals surface area contributed by atoms with E-state index in [0.29, 0.717) is 28.8 Å². The third kappa shape index (κ3) is 14.7. The molecular formula is C43H65FN7O9P. The summed E-state index contributed by atoms with van der Waals surface area (Å²) in [5, 5.41) is 30.3. The van der Waals surface area contributed by atoms with E-state index in [4.69, 9.17) is 28.8 Å². The number of ether oxygens (including phenoxy) is 2. The van der Waals surface area contributed by atoms with Crippen molar-refractivity contribution >= 4 is 25.4 Å². The molecule has 0 amide bonds. The van der Waals surface area contributed by atoms with Crippen molar-refractivity contribution in [3.63, 3.8) is 0 Å². The van der Waals surface area contributed by atoms with Gasteiger partial charge in [-0.3, -0.25) is 14.0 Å². The molecule has 18 heteroatoms. The molecule has 5 rings (SSSR count). The molecule has 0 saturated carbocycles. The summed E-state index contributed by atoms with van der Waals surface area (Å²) in [6.45, 7) is 1.22. The number of aromatic nitrogens is 5. The highest BCUT2D eigenvalue weighted by atomic mass is 31.2. The van der Waals surface area contributed by atoms with Gasteiger partial charge in [-0.25, -0.2) is 18.5 Å². The van der Waals surface area contributed by atoms with Gasteiger partial charge in [-0.05, 0) is 42.3 Å². The van der Waals surface area contributed by atoms with Gasteiger partial charge >= 0.3 is 7.82 Å². The van der Waals surface area contributed by atoms with Gasteiger partial charge < -0.3 is 34.8 Å². The smallest absolute Gasteiger partial charge is 0.387 e. The Morgan fingerprint density at radius 2 is 1.61 bits per heavy atom. The highest BCUT2D eigenvalue weighted by molar-refractivity contribution is 7.47. The third-order valence-electron chi connectivity index (χ3n) is 11.2. The number of fused-ring (bicyclic) bond motifs is 1. The first kappa shape index (κ1) is 48.4. The van der Waals surface area contributed by atoms with Gasteiger partial charge in [0.05, 0.1) is 31.6 Å². The lowest BCUT2D eigenvalue weighted by Crippen LogP contribution is -2.48. The van der Waals surface area contributed by atoms with E-state index in [0.717, 1.165) is 32.1 Å². The van der Waals surface area contributed by atoms with Crippen molar-refractivity contribution in [3.8, 4) is 11.4 Å². The van der Waals surface area contributed by atoms with Gasteiger partial charge in [-0.2, -0.15) is 10.1 Å². The fraction of sp³-hybridized carbons (Fsp3) is 0.651. The molecule has 0 spiro atoms. The van der Waals surface area contributed by atoms with Crippen molar-refractivity contribution in [1.82, 2.24) is 24.7 Å². The fourth-order valence-corrected chi connectivity index (χ4v) is 8.61. The van der Waals surface area contributed by atoms with E-state index in [1.165, 1.54) is 120 Å². The van der Waals surface area contributed by atoms with Crippen molar-refractivity contribution in [2.75, 3.05) is 26.0 Å². The number of phosphoric acid groups is 1. The van der Waals surface area contributed by atoms with Gasteiger partial charge in [0.25, 0.3) is 0 Å². The summed E-state index contributed by atoms with van der Waals surface area (Å²) in [7, 11) is -3.37. The number of rotatable bonds is 30. The van der Waals surface area contributed by atoms with Crippen molar-refractivity contribution in [1.29, 1.82) is 0 Å². The molecule has 0 aliphatic carbocycles. The average Bonchev–Trinajstić information content (AvgIpc) is 4.00. The van der Waals surface area contributed by atoms with Crippen molar-refractivity contribution < 1.29 is 47.1 Å². The van der Waals surface area contributed by atoms with Crippen molar-refractivity contribution in [2.24, 2.45) is 4.99 Å². The largest absolute Gasteiger partial charge is 0.472 e. The molecule has 4 aromatic rings. The maximum Gasteiger partial charge on any atom is 0.472 e. The molecule has 1 saturated heterocycles. The summed E-state index contributed by atoms with van der Waals surface area (Å²) in [5.41, 5.74) is 5.88. The highest BCUT2D eigenvalue weighted by Gasteiger charge is 2.55. The monoisotopic (exact) mass is 873 g/mol. The number of aliphatic hydroxyl groups excluding tert-OH is 2. The second kappa shape index (κ2) is 24.8. The molecule has 1 fully saturated rings. The van der Waals surface area contributed by atoms with E-state index in [-0.39, 0.29) is 24.9 Å². The normalized spacial score (nSPS) is 20.9. The zero-order valence-electron chi connectivity index (χ0n) is 35.7. The van der Waals surface area contributed by atoms with Crippen LogP contribution in [0.3, 0.4) is 0 Å². The van der Waals surface area contributed by atoms with Crippen LogP contribution >= 0.6 is 7.82 Å². The number of unbranched alkanes of at least 4 members (excludes halogenated alkanes) is 16. The van der Waals surface area contributed by atoms with Crippen LogP contribution < -0.4 is 5.73 Å². The minimum Gasteiger partial charge on any atom is -0.387 e. The minimum absolute atomic E-state index is 0.0213. The summed E-state index contributed by atoms with van der Waals surface area (Å²) in [5.74, 6) is -0.0794. The van der Waals surface area contributed by atoms with E-state index in [2.05, 4.69) is 32.1 Å². The Bertz CT molecular complexity index is 1950. The second-order valence-corrected chi connectivity index (χ2v) is 17.5. The van der Waals surface area contributed by atoms with Gasteiger partial charge in [0.1, 0.15) is 36.0 Å². The predicted molar refractivity (Wildman–Crippen MR) is 229 cm³/mol. The molecule has 61 heavy (non-hydrogen) atoms. The Balaban J connectivity index is 1.11. The number of benzene rings is 1. The molecule has 338 valence electrons. The molecule has 0 radical (unpaired) electrons. The number of halogens is 1. The lowest BCUT2D eigenvalue weighted by molar-refractivity contribution is -0.0655. The van der Waals surface area contributed by atoms with Crippen LogP contribution in [0.4, 0.5) is 10.2 Å². The Hall–Kier alpha value is -3.67. The van der Waals surface area contributed by atoms with Crippen LogP contribution in [0.5, 0.6) is 0 Å². The maximum absolute atomic E-state index is 14.6. The Morgan fingerprint density at radius 1 is 0.951 bits per heavy atom. The van der Waals surface area contributed by atoms with Crippen LogP contribution in [0.15, 0.2) is 52.6 Å². The number of nitrogens with two attached hydrogens (primary N) is 1.